The Kier molecular flexibility index (Phi) is 5.77. The minimum absolute atomic E-state index is 0.226. The highest BCUT2D eigenvalue weighted by Crippen LogP contribution is 2.26. The van der Waals surface area contributed by atoms with Crippen LogP contribution in [0, 0.1) is 0 Å². The zero-order valence-electron chi connectivity index (χ0n) is 15.3. The molecule has 0 saturated carbocycles. The number of thiazole rings is 1. The Hall–Kier alpha value is -2.44. The third-order valence-electron chi connectivity index (χ3n) is 3.93. The lowest BCUT2D eigenvalue weighted by molar-refractivity contribution is -0.134. The van der Waals surface area contributed by atoms with Gasteiger partial charge < -0.3 is 10.1 Å². The third kappa shape index (κ3) is 4.84. The lowest BCUT2D eigenvalue weighted by Crippen LogP contribution is -2.47. The van der Waals surface area contributed by atoms with Gasteiger partial charge in [-0.3, -0.25) is 9.78 Å². The van der Waals surface area contributed by atoms with E-state index in [4.69, 9.17) is 16.3 Å². The molecule has 2 aromatic heterocycles. The van der Waals surface area contributed by atoms with Crippen molar-refractivity contribution >= 4 is 28.8 Å². The molecule has 0 bridgehead atoms. The first-order chi connectivity index (χ1) is 12.8. The normalized spacial score (nSPS) is 12.4. The molecule has 2 heterocycles. The summed E-state index contributed by atoms with van der Waals surface area (Å²) in [6.07, 6.45) is 3.46. The van der Waals surface area contributed by atoms with Crippen LogP contribution >= 0.6 is 22.9 Å². The van der Waals surface area contributed by atoms with E-state index in [9.17, 15) is 4.79 Å². The van der Waals surface area contributed by atoms with Crippen LogP contribution < -0.4 is 10.1 Å². The van der Waals surface area contributed by atoms with Crippen molar-refractivity contribution in [3.63, 3.8) is 0 Å². The fraction of sp³-hybridized carbons (Fsp3) is 0.250. The largest absolute Gasteiger partial charge is 0.478 e. The van der Waals surface area contributed by atoms with Crippen molar-refractivity contribution in [2.75, 3.05) is 0 Å². The van der Waals surface area contributed by atoms with E-state index in [1.807, 2.05) is 24.4 Å². The monoisotopic (exact) mass is 401 g/mol. The number of aromatic nitrogens is 2. The van der Waals surface area contributed by atoms with Crippen LogP contribution in [0.5, 0.6) is 5.75 Å². The van der Waals surface area contributed by atoms with Crippen LogP contribution in [0.1, 0.15) is 31.8 Å². The Labute approximate surface area is 167 Å². The van der Waals surface area contributed by atoms with Gasteiger partial charge in [0.15, 0.2) is 5.60 Å². The van der Waals surface area contributed by atoms with E-state index in [0.717, 1.165) is 16.3 Å². The lowest BCUT2D eigenvalue weighted by Gasteiger charge is -2.26. The molecule has 1 amide bonds. The number of benzene rings is 1. The SMILES string of the molecule is CC(NC(=O)C(C)(C)Oc1cccc(Cl)c1)c1nc(-c2ccncc2)cs1. The van der Waals surface area contributed by atoms with Gasteiger partial charge in [0.1, 0.15) is 10.8 Å². The van der Waals surface area contributed by atoms with Crippen molar-refractivity contribution in [3.05, 3.63) is 64.2 Å². The molecule has 0 radical (unpaired) electrons. The molecule has 1 N–H and O–H groups in total. The number of ether oxygens (including phenoxy) is 1. The highest BCUT2D eigenvalue weighted by atomic mass is 35.5. The van der Waals surface area contributed by atoms with Gasteiger partial charge in [-0.25, -0.2) is 4.98 Å². The fourth-order valence-corrected chi connectivity index (χ4v) is 3.46. The average molecular weight is 402 g/mol. The Morgan fingerprint density at radius 1 is 1.26 bits per heavy atom. The lowest BCUT2D eigenvalue weighted by atomic mass is 10.1. The molecule has 1 aromatic carbocycles. The van der Waals surface area contributed by atoms with Crippen LogP contribution in [-0.2, 0) is 4.79 Å². The summed E-state index contributed by atoms with van der Waals surface area (Å²) in [7, 11) is 0. The number of hydrogen-bond acceptors (Lipinski definition) is 5. The summed E-state index contributed by atoms with van der Waals surface area (Å²) in [5.41, 5.74) is 0.813. The van der Waals surface area contributed by atoms with E-state index in [0.29, 0.717) is 10.8 Å². The van der Waals surface area contributed by atoms with Gasteiger partial charge in [-0.05, 0) is 51.1 Å². The van der Waals surface area contributed by atoms with Gasteiger partial charge >= 0.3 is 0 Å². The van der Waals surface area contributed by atoms with Gasteiger partial charge in [-0.2, -0.15) is 0 Å². The number of carbonyl (C=O) groups is 1. The molecule has 140 valence electrons. The van der Waals surface area contributed by atoms with Crippen LogP contribution in [0.4, 0.5) is 0 Å². The Morgan fingerprint density at radius 2 is 2.00 bits per heavy atom. The standard InChI is InChI=1S/C20H20ClN3O2S/c1-13(18-24-17(12-27-18)14-7-9-22-10-8-14)23-19(25)20(2,3)26-16-6-4-5-15(21)11-16/h4-13H,1-3H3,(H,23,25). The Bertz CT molecular complexity index is 928. The zero-order valence-corrected chi connectivity index (χ0v) is 16.8. The molecule has 0 aliphatic heterocycles. The fourth-order valence-electron chi connectivity index (χ4n) is 2.45. The molecule has 3 rings (SSSR count). The minimum Gasteiger partial charge on any atom is -0.478 e. The van der Waals surface area contributed by atoms with Gasteiger partial charge in [0.05, 0.1) is 11.7 Å². The Morgan fingerprint density at radius 3 is 2.70 bits per heavy atom. The first-order valence-corrected chi connectivity index (χ1v) is 9.72. The predicted molar refractivity (Wildman–Crippen MR) is 108 cm³/mol. The molecule has 7 heteroatoms. The van der Waals surface area contributed by atoms with E-state index in [-0.39, 0.29) is 11.9 Å². The quantitative estimate of drug-likeness (QED) is 0.638. The maximum absolute atomic E-state index is 12.7. The van der Waals surface area contributed by atoms with Crippen molar-refractivity contribution in [1.82, 2.24) is 15.3 Å². The van der Waals surface area contributed by atoms with Crippen LogP contribution in [0.2, 0.25) is 5.02 Å². The molecule has 5 nitrogen and oxygen atoms in total. The summed E-state index contributed by atoms with van der Waals surface area (Å²) in [6, 6.07) is 10.6. The van der Waals surface area contributed by atoms with Crippen LogP contribution in [0.3, 0.4) is 0 Å². The van der Waals surface area contributed by atoms with Gasteiger partial charge in [-0.15, -0.1) is 11.3 Å². The molecular weight excluding hydrogens is 382 g/mol. The number of amides is 1. The zero-order chi connectivity index (χ0) is 19.4. The highest BCUT2D eigenvalue weighted by Gasteiger charge is 2.31. The van der Waals surface area contributed by atoms with Crippen LogP contribution in [0.15, 0.2) is 54.2 Å². The van der Waals surface area contributed by atoms with Crippen molar-refractivity contribution in [2.45, 2.75) is 32.4 Å². The summed E-state index contributed by atoms with van der Waals surface area (Å²) in [5.74, 6) is 0.320. The maximum atomic E-state index is 12.7. The first kappa shape index (κ1) is 19.3. The van der Waals surface area contributed by atoms with E-state index in [1.165, 1.54) is 11.3 Å². The second kappa shape index (κ2) is 8.06. The number of halogens is 1. The highest BCUT2D eigenvalue weighted by molar-refractivity contribution is 7.10. The van der Waals surface area contributed by atoms with Crippen LogP contribution in [0.25, 0.3) is 11.3 Å². The number of pyridine rings is 1. The molecule has 0 aliphatic rings. The predicted octanol–water partition coefficient (Wildman–Crippen LogP) is 4.89. The van der Waals surface area contributed by atoms with E-state index >= 15 is 0 Å². The second-order valence-electron chi connectivity index (χ2n) is 6.57. The summed E-state index contributed by atoms with van der Waals surface area (Å²) >= 11 is 7.49. The first-order valence-electron chi connectivity index (χ1n) is 8.46. The van der Waals surface area contributed by atoms with Crippen LogP contribution in [-0.4, -0.2) is 21.5 Å². The molecule has 0 saturated heterocycles. The smallest absolute Gasteiger partial charge is 0.264 e. The molecule has 0 spiro atoms. The minimum atomic E-state index is -1.05. The summed E-state index contributed by atoms with van der Waals surface area (Å²) < 4.78 is 5.84. The van der Waals surface area contributed by atoms with Crippen molar-refractivity contribution in [2.24, 2.45) is 0 Å². The number of nitrogens with one attached hydrogen (secondary N) is 1. The third-order valence-corrected chi connectivity index (χ3v) is 5.19. The number of nitrogens with zero attached hydrogens (tertiary/aromatic N) is 2. The number of rotatable bonds is 6. The Balaban J connectivity index is 1.67. The molecule has 3 aromatic rings. The van der Waals surface area contributed by atoms with Crippen molar-refractivity contribution < 1.29 is 9.53 Å². The van der Waals surface area contributed by atoms with Gasteiger partial charge in [0.25, 0.3) is 5.91 Å². The second-order valence-corrected chi connectivity index (χ2v) is 7.90. The van der Waals surface area contributed by atoms with E-state index in [1.54, 1.807) is 50.5 Å². The maximum Gasteiger partial charge on any atom is 0.264 e. The number of hydrogen-bond donors (Lipinski definition) is 1. The molecule has 27 heavy (non-hydrogen) atoms. The molecular formula is C20H20ClN3O2S. The van der Waals surface area contributed by atoms with E-state index < -0.39 is 5.60 Å². The molecule has 0 fully saturated rings. The van der Waals surface area contributed by atoms with E-state index in [2.05, 4.69) is 15.3 Å². The number of carbonyl (C=O) groups excluding carboxylic acids is 1. The van der Waals surface area contributed by atoms with Gasteiger partial charge in [0, 0.05) is 28.4 Å². The van der Waals surface area contributed by atoms with Gasteiger partial charge in [0.2, 0.25) is 0 Å². The topological polar surface area (TPSA) is 64.1 Å². The summed E-state index contributed by atoms with van der Waals surface area (Å²) in [4.78, 5) is 21.4. The van der Waals surface area contributed by atoms with Crippen molar-refractivity contribution in [3.8, 4) is 17.0 Å². The summed E-state index contributed by atoms with van der Waals surface area (Å²) in [6.45, 7) is 5.35. The van der Waals surface area contributed by atoms with Crippen molar-refractivity contribution in [1.29, 1.82) is 0 Å². The molecule has 1 atom stereocenters. The van der Waals surface area contributed by atoms with Gasteiger partial charge in [-0.1, -0.05) is 17.7 Å². The molecule has 1 unspecified atom stereocenters. The average Bonchev–Trinajstić information content (AvgIpc) is 3.12. The molecule has 0 aliphatic carbocycles. The summed E-state index contributed by atoms with van der Waals surface area (Å²) in [5, 5.41) is 6.33.